The highest BCUT2D eigenvalue weighted by atomic mass is 35.5. The standard InChI is InChI=1S/C22H18ClN3O2S2/c1-13-14(2)30-20-19(13)21(28)26(15-8-4-3-5-9-15)22(25-20)29-12-18(27)24-17-11-7-6-10-16(17)23/h3-11H,12H2,1-2H3,(H,24,27). The number of nitrogens with one attached hydrogen (secondary N) is 1. The van der Waals surface area contributed by atoms with Crippen LogP contribution in [-0.2, 0) is 4.79 Å². The van der Waals surface area contributed by atoms with Crippen molar-refractivity contribution in [1.29, 1.82) is 0 Å². The van der Waals surface area contributed by atoms with Crippen LogP contribution >= 0.6 is 34.7 Å². The van der Waals surface area contributed by atoms with Crippen LogP contribution in [0.15, 0.2) is 64.5 Å². The molecule has 8 heteroatoms. The Balaban J connectivity index is 1.70. The Kier molecular flexibility index (Phi) is 5.94. The van der Waals surface area contributed by atoms with E-state index in [9.17, 15) is 9.59 Å². The van der Waals surface area contributed by atoms with Gasteiger partial charge in [0.15, 0.2) is 5.16 Å². The molecule has 0 saturated heterocycles. The lowest BCUT2D eigenvalue weighted by Gasteiger charge is -2.12. The van der Waals surface area contributed by atoms with Crippen molar-refractivity contribution in [1.82, 2.24) is 9.55 Å². The van der Waals surface area contributed by atoms with Crippen molar-refractivity contribution in [3.8, 4) is 5.69 Å². The lowest BCUT2D eigenvalue weighted by Crippen LogP contribution is -2.22. The predicted molar refractivity (Wildman–Crippen MR) is 125 cm³/mol. The summed E-state index contributed by atoms with van der Waals surface area (Å²) in [5.74, 6) is -0.125. The van der Waals surface area contributed by atoms with Crippen LogP contribution in [-0.4, -0.2) is 21.2 Å². The van der Waals surface area contributed by atoms with E-state index in [2.05, 4.69) is 5.32 Å². The number of hydrogen-bond acceptors (Lipinski definition) is 5. The van der Waals surface area contributed by atoms with Crippen LogP contribution in [0, 0.1) is 13.8 Å². The highest BCUT2D eigenvalue weighted by Gasteiger charge is 2.19. The van der Waals surface area contributed by atoms with Crippen LogP contribution in [0.2, 0.25) is 5.02 Å². The Hall–Kier alpha value is -2.61. The van der Waals surface area contributed by atoms with Crippen molar-refractivity contribution in [2.75, 3.05) is 11.1 Å². The number of para-hydroxylation sites is 2. The minimum atomic E-state index is -0.222. The SMILES string of the molecule is Cc1sc2nc(SCC(=O)Nc3ccccc3Cl)n(-c3ccccc3)c(=O)c2c1C. The molecule has 0 saturated carbocycles. The molecule has 0 unspecified atom stereocenters. The van der Waals surface area contributed by atoms with E-state index in [4.69, 9.17) is 16.6 Å². The lowest BCUT2D eigenvalue weighted by atomic mass is 10.2. The third-order valence-corrected chi connectivity index (χ3v) is 7.04. The van der Waals surface area contributed by atoms with Crippen LogP contribution in [0.4, 0.5) is 5.69 Å². The molecule has 0 bridgehead atoms. The molecule has 4 aromatic rings. The molecule has 1 amide bonds. The van der Waals surface area contributed by atoms with E-state index in [0.29, 0.717) is 31.8 Å². The molecule has 0 radical (unpaired) electrons. The molecule has 2 aromatic heterocycles. The molecule has 0 aliphatic heterocycles. The normalized spacial score (nSPS) is 11.0. The van der Waals surface area contributed by atoms with Gasteiger partial charge in [-0.15, -0.1) is 11.3 Å². The molecule has 4 rings (SSSR count). The molecule has 30 heavy (non-hydrogen) atoms. The van der Waals surface area contributed by atoms with Gasteiger partial charge in [0.25, 0.3) is 5.56 Å². The second-order valence-corrected chi connectivity index (χ2v) is 9.20. The summed E-state index contributed by atoms with van der Waals surface area (Å²) in [6.07, 6.45) is 0. The maximum Gasteiger partial charge on any atom is 0.267 e. The van der Waals surface area contributed by atoms with E-state index in [1.54, 1.807) is 28.8 Å². The summed E-state index contributed by atoms with van der Waals surface area (Å²) in [5, 5.41) is 4.39. The van der Waals surface area contributed by atoms with Crippen molar-refractivity contribution in [2.45, 2.75) is 19.0 Å². The number of thiophene rings is 1. The second-order valence-electron chi connectivity index (χ2n) is 6.65. The van der Waals surface area contributed by atoms with Gasteiger partial charge in [0.1, 0.15) is 4.83 Å². The average Bonchev–Trinajstić information content (AvgIpc) is 3.02. The van der Waals surface area contributed by atoms with Gasteiger partial charge in [0, 0.05) is 4.88 Å². The van der Waals surface area contributed by atoms with Crippen LogP contribution in [0.1, 0.15) is 10.4 Å². The van der Waals surface area contributed by atoms with Crippen molar-refractivity contribution in [2.24, 2.45) is 0 Å². The molecule has 5 nitrogen and oxygen atoms in total. The van der Waals surface area contributed by atoms with Crippen LogP contribution < -0.4 is 10.9 Å². The van der Waals surface area contributed by atoms with Gasteiger partial charge >= 0.3 is 0 Å². The summed E-state index contributed by atoms with van der Waals surface area (Å²) in [7, 11) is 0. The largest absolute Gasteiger partial charge is 0.324 e. The van der Waals surface area contributed by atoms with Crippen LogP contribution in [0.5, 0.6) is 0 Å². The quantitative estimate of drug-likeness (QED) is 0.321. The number of thioether (sulfide) groups is 1. The van der Waals surface area contributed by atoms with Gasteiger partial charge in [-0.05, 0) is 43.7 Å². The van der Waals surface area contributed by atoms with Crippen molar-refractivity contribution < 1.29 is 4.79 Å². The summed E-state index contributed by atoms with van der Waals surface area (Å²) in [5.41, 5.74) is 2.10. The number of anilines is 1. The maximum atomic E-state index is 13.4. The van der Waals surface area contributed by atoms with E-state index in [0.717, 1.165) is 10.4 Å². The van der Waals surface area contributed by atoms with E-state index in [1.165, 1.54) is 23.1 Å². The van der Waals surface area contributed by atoms with Gasteiger partial charge < -0.3 is 5.32 Å². The summed E-state index contributed by atoms with van der Waals surface area (Å²) in [6.45, 7) is 3.92. The summed E-state index contributed by atoms with van der Waals surface area (Å²) in [4.78, 5) is 32.3. The Bertz CT molecular complexity index is 1300. The van der Waals surface area contributed by atoms with Gasteiger partial charge in [0.05, 0.1) is 27.5 Å². The number of amides is 1. The molecule has 0 spiro atoms. The first-order valence-corrected chi connectivity index (χ1v) is 11.4. The number of aryl methyl sites for hydroxylation is 2. The highest BCUT2D eigenvalue weighted by molar-refractivity contribution is 7.99. The van der Waals surface area contributed by atoms with Gasteiger partial charge in [-0.2, -0.15) is 0 Å². The zero-order valence-corrected chi connectivity index (χ0v) is 18.7. The molecule has 152 valence electrons. The predicted octanol–water partition coefficient (Wildman–Crippen LogP) is 5.45. The number of benzene rings is 2. The Labute approximate surface area is 186 Å². The molecule has 2 heterocycles. The Morgan fingerprint density at radius 1 is 1.13 bits per heavy atom. The molecular weight excluding hydrogens is 438 g/mol. The number of fused-ring (bicyclic) bond motifs is 1. The smallest absolute Gasteiger partial charge is 0.267 e. The zero-order chi connectivity index (χ0) is 21.3. The maximum absolute atomic E-state index is 13.4. The monoisotopic (exact) mass is 455 g/mol. The third kappa shape index (κ3) is 4.01. The average molecular weight is 456 g/mol. The number of halogens is 1. The molecule has 0 atom stereocenters. The third-order valence-electron chi connectivity index (χ3n) is 4.67. The summed E-state index contributed by atoms with van der Waals surface area (Å²) >= 11 is 8.83. The summed E-state index contributed by atoms with van der Waals surface area (Å²) < 4.78 is 1.58. The first kappa shape index (κ1) is 20.7. The number of hydrogen-bond donors (Lipinski definition) is 1. The van der Waals surface area contributed by atoms with Crippen molar-refractivity contribution in [3.63, 3.8) is 0 Å². The summed E-state index contributed by atoms with van der Waals surface area (Å²) in [6, 6.07) is 16.4. The van der Waals surface area contributed by atoms with Crippen LogP contribution in [0.3, 0.4) is 0 Å². The molecular formula is C22H18ClN3O2S2. The second kappa shape index (κ2) is 8.63. The van der Waals surface area contributed by atoms with E-state index in [-0.39, 0.29) is 17.2 Å². The van der Waals surface area contributed by atoms with Gasteiger partial charge in [0.2, 0.25) is 5.91 Å². The van der Waals surface area contributed by atoms with Gasteiger partial charge in [-0.25, -0.2) is 4.98 Å². The fraction of sp³-hybridized carbons (Fsp3) is 0.136. The minimum Gasteiger partial charge on any atom is -0.324 e. The number of carbonyl (C=O) groups excluding carboxylic acids is 1. The van der Waals surface area contributed by atoms with Crippen molar-refractivity contribution in [3.05, 3.63) is 80.4 Å². The molecule has 0 aliphatic rings. The van der Waals surface area contributed by atoms with E-state index < -0.39 is 0 Å². The first-order valence-electron chi connectivity index (χ1n) is 9.21. The van der Waals surface area contributed by atoms with Crippen molar-refractivity contribution >= 4 is 56.5 Å². The van der Waals surface area contributed by atoms with Gasteiger partial charge in [-0.1, -0.05) is 53.7 Å². The fourth-order valence-corrected chi connectivity index (χ4v) is 5.12. The molecule has 0 aliphatic carbocycles. The Morgan fingerprint density at radius 2 is 1.83 bits per heavy atom. The van der Waals surface area contributed by atoms with E-state index >= 15 is 0 Å². The number of carbonyl (C=O) groups is 1. The first-order chi connectivity index (χ1) is 14.5. The molecule has 2 aromatic carbocycles. The lowest BCUT2D eigenvalue weighted by molar-refractivity contribution is -0.113. The number of rotatable bonds is 5. The zero-order valence-electron chi connectivity index (χ0n) is 16.3. The minimum absolute atomic E-state index is 0.0966. The Morgan fingerprint density at radius 3 is 2.57 bits per heavy atom. The molecule has 1 N–H and O–H groups in total. The fourth-order valence-electron chi connectivity index (χ4n) is 3.06. The molecule has 0 fully saturated rings. The highest BCUT2D eigenvalue weighted by Crippen LogP contribution is 2.29. The van der Waals surface area contributed by atoms with Crippen LogP contribution in [0.25, 0.3) is 15.9 Å². The topological polar surface area (TPSA) is 64.0 Å². The number of aromatic nitrogens is 2. The van der Waals surface area contributed by atoms with Gasteiger partial charge in [-0.3, -0.25) is 14.2 Å². The number of nitrogens with zero attached hydrogens (tertiary/aromatic N) is 2. The van der Waals surface area contributed by atoms with E-state index in [1.807, 2.05) is 44.2 Å².